The number of aliphatic hydroxyl groups excluding tert-OH is 1. The Labute approximate surface area is 173 Å². The van der Waals surface area contributed by atoms with Gasteiger partial charge in [-0.1, -0.05) is 25.5 Å². The Balaban J connectivity index is 1.49. The molecule has 0 aromatic rings. The first kappa shape index (κ1) is 20.9. The van der Waals surface area contributed by atoms with Crippen LogP contribution in [0, 0.1) is 34.5 Å². The van der Waals surface area contributed by atoms with Crippen molar-refractivity contribution >= 4 is 0 Å². The number of nitrogens with one attached hydrogen (secondary N) is 1. The molecule has 0 radical (unpaired) electrons. The van der Waals surface area contributed by atoms with Gasteiger partial charge in [-0.2, -0.15) is 0 Å². The fourth-order valence-corrected chi connectivity index (χ4v) is 8.16. The molecule has 28 heavy (non-hydrogen) atoms. The second kappa shape index (κ2) is 7.71. The number of allylic oxidation sites excluding steroid dienone is 1. The Kier molecular flexibility index (Phi) is 5.74. The molecule has 0 aromatic carbocycles. The smallest absolute Gasteiger partial charge is 0.0577 e. The molecule has 0 aliphatic heterocycles. The maximum atomic E-state index is 10.2. The number of aliphatic hydroxyl groups is 1. The molecule has 3 fully saturated rings. The largest absolute Gasteiger partial charge is 0.393 e. The normalized spacial score (nSPS) is 46.5. The number of likely N-dealkylation sites (N-methyl/N-ethyl adjacent to an activating group) is 1. The lowest BCUT2D eigenvalue weighted by Crippen LogP contribution is -2.52. The highest BCUT2D eigenvalue weighted by Gasteiger charge is 2.59. The molecule has 3 nitrogen and oxygen atoms in total. The number of hydrogen-bond donors (Lipinski definition) is 2. The fourth-order valence-electron chi connectivity index (χ4n) is 8.16. The molecule has 4 aliphatic rings. The van der Waals surface area contributed by atoms with Crippen molar-refractivity contribution in [1.82, 2.24) is 10.2 Å². The monoisotopic (exact) mass is 388 g/mol. The predicted octanol–water partition coefficient (Wildman–Crippen LogP) is 4.47. The molecule has 0 spiro atoms. The quantitative estimate of drug-likeness (QED) is 0.682. The van der Waals surface area contributed by atoms with Gasteiger partial charge in [0, 0.05) is 19.1 Å². The van der Waals surface area contributed by atoms with Crippen LogP contribution in [0.5, 0.6) is 0 Å². The van der Waals surface area contributed by atoms with Gasteiger partial charge in [-0.15, -0.1) is 0 Å². The minimum absolute atomic E-state index is 0.0883. The number of hydrogen-bond acceptors (Lipinski definition) is 3. The van der Waals surface area contributed by atoms with Gasteiger partial charge < -0.3 is 15.3 Å². The molecule has 0 aromatic heterocycles. The molecular weight excluding hydrogens is 344 g/mol. The second-order valence-electron chi connectivity index (χ2n) is 11.4. The zero-order valence-electron chi connectivity index (χ0n) is 19.0. The van der Waals surface area contributed by atoms with Gasteiger partial charge in [-0.25, -0.2) is 0 Å². The molecule has 8 atom stereocenters. The summed E-state index contributed by atoms with van der Waals surface area (Å²) in [5, 5.41) is 14.1. The first-order valence-corrected chi connectivity index (χ1v) is 12.0. The maximum absolute atomic E-state index is 10.2. The molecule has 4 rings (SSSR count). The van der Waals surface area contributed by atoms with Gasteiger partial charge in [0.25, 0.3) is 0 Å². The number of rotatable bonds is 5. The van der Waals surface area contributed by atoms with E-state index in [1.54, 1.807) is 5.57 Å². The Morgan fingerprint density at radius 3 is 2.68 bits per heavy atom. The lowest BCUT2D eigenvalue weighted by molar-refractivity contribution is -0.0535. The molecule has 0 saturated heterocycles. The van der Waals surface area contributed by atoms with Crippen LogP contribution in [0.15, 0.2) is 11.6 Å². The average molecular weight is 389 g/mol. The zero-order valence-corrected chi connectivity index (χ0v) is 19.0. The molecule has 4 aliphatic carbocycles. The van der Waals surface area contributed by atoms with E-state index >= 15 is 0 Å². The van der Waals surface area contributed by atoms with Crippen LogP contribution in [0.4, 0.5) is 0 Å². The maximum Gasteiger partial charge on any atom is 0.0577 e. The van der Waals surface area contributed by atoms with Gasteiger partial charge in [0.05, 0.1) is 6.10 Å². The summed E-state index contributed by atoms with van der Waals surface area (Å²) >= 11 is 0. The third kappa shape index (κ3) is 3.40. The van der Waals surface area contributed by atoms with Crippen LogP contribution >= 0.6 is 0 Å². The number of nitrogens with zero attached hydrogens (tertiary/aromatic N) is 1. The lowest BCUT2D eigenvalue weighted by Gasteiger charge is -2.58. The Morgan fingerprint density at radius 1 is 1.14 bits per heavy atom. The summed E-state index contributed by atoms with van der Waals surface area (Å²) in [7, 11) is 4.33. The van der Waals surface area contributed by atoms with Crippen LogP contribution in [0.2, 0.25) is 0 Å². The summed E-state index contributed by atoms with van der Waals surface area (Å²) in [6.45, 7) is 9.86. The topological polar surface area (TPSA) is 35.5 Å². The molecular formula is C25H44N2O. The lowest BCUT2D eigenvalue weighted by atomic mass is 9.47. The van der Waals surface area contributed by atoms with Gasteiger partial charge in [0.1, 0.15) is 0 Å². The summed E-state index contributed by atoms with van der Waals surface area (Å²) in [6.07, 6.45) is 12.6. The third-order valence-electron chi connectivity index (χ3n) is 9.78. The summed E-state index contributed by atoms with van der Waals surface area (Å²) in [5.41, 5.74) is 2.49. The molecule has 3 heteroatoms. The molecule has 160 valence electrons. The van der Waals surface area contributed by atoms with E-state index in [-0.39, 0.29) is 6.10 Å². The zero-order chi connectivity index (χ0) is 20.1. The highest BCUT2D eigenvalue weighted by Crippen LogP contribution is 2.66. The predicted molar refractivity (Wildman–Crippen MR) is 117 cm³/mol. The van der Waals surface area contributed by atoms with Crippen molar-refractivity contribution in [2.45, 2.75) is 84.3 Å². The minimum Gasteiger partial charge on any atom is -0.393 e. The standard InChI is InChI=1S/C25H44N2O/c1-17(26-14-15-27(4)5)21-8-9-22-20-7-6-18-16-19(28)10-12-24(18,2)23(20)11-13-25(21,22)3/h6,17,19-23,26,28H,7-16H2,1-5H3/t17-,19?,20-,21+,22-,23-,24-,25+/m0/s1. The van der Waals surface area contributed by atoms with Gasteiger partial charge in [-0.3, -0.25) is 0 Å². The minimum atomic E-state index is -0.0883. The van der Waals surface area contributed by atoms with Crippen molar-refractivity contribution in [1.29, 1.82) is 0 Å². The van der Waals surface area contributed by atoms with E-state index in [2.05, 4.69) is 51.2 Å². The van der Waals surface area contributed by atoms with E-state index in [4.69, 9.17) is 0 Å². The third-order valence-corrected chi connectivity index (χ3v) is 9.78. The highest BCUT2D eigenvalue weighted by atomic mass is 16.3. The Bertz CT molecular complexity index is 601. The van der Waals surface area contributed by atoms with E-state index in [0.717, 1.165) is 49.6 Å². The molecule has 0 bridgehead atoms. The molecule has 0 amide bonds. The van der Waals surface area contributed by atoms with Crippen molar-refractivity contribution in [3.8, 4) is 0 Å². The van der Waals surface area contributed by atoms with Crippen LogP contribution in [-0.4, -0.2) is 49.3 Å². The van der Waals surface area contributed by atoms with Crippen LogP contribution in [0.3, 0.4) is 0 Å². The van der Waals surface area contributed by atoms with E-state index in [0.29, 0.717) is 16.9 Å². The van der Waals surface area contributed by atoms with Gasteiger partial charge in [-0.05, 0) is 107 Å². The van der Waals surface area contributed by atoms with Crippen molar-refractivity contribution in [2.24, 2.45) is 34.5 Å². The fraction of sp³-hybridized carbons (Fsp3) is 0.920. The molecule has 3 saturated carbocycles. The van der Waals surface area contributed by atoms with E-state index in [9.17, 15) is 5.11 Å². The second-order valence-corrected chi connectivity index (χ2v) is 11.4. The van der Waals surface area contributed by atoms with E-state index in [1.165, 1.54) is 38.5 Å². The Morgan fingerprint density at radius 2 is 1.93 bits per heavy atom. The summed E-state index contributed by atoms with van der Waals surface area (Å²) in [4.78, 5) is 2.28. The van der Waals surface area contributed by atoms with Crippen molar-refractivity contribution in [2.75, 3.05) is 27.2 Å². The molecule has 2 N–H and O–H groups in total. The van der Waals surface area contributed by atoms with Crippen molar-refractivity contribution < 1.29 is 5.11 Å². The SMILES string of the molecule is C[C@H](NCCN(C)C)[C@H]1CC[C@H]2[C@@H]3CC=C4CC(O)CC[C@]4(C)[C@H]3CC[C@]12C. The first-order valence-electron chi connectivity index (χ1n) is 12.0. The Hall–Kier alpha value is -0.380. The van der Waals surface area contributed by atoms with Gasteiger partial charge >= 0.3 is 0 Å². The average Bonchev–Trinajstić information content (AvgIpc) is 2.99. The summed E-state index contributed by atoms with van der Waals surface area (Å²) < 4.78 is 0. The summed E-state index contributed by atoms with van der Waals surface area (Å²) in [5.74, 6) is 3.46. The number of fused-ring (bicyclic) bond motifs is 5. The van der Waals surface area contributed by atoms with Crippen LogP contribution in [0.25, 0.3) is 0 Å². The van der Waals surface area contributed by atoms with E-state index < -0.39 is 0 Å². The highest BCUT2D eigenvalue weighted by molar-refractivity contribution is 5.25. The van der Waals surface area contributed by atoms with Crippen LogP contribution < -0.4 is 5.32 Å². The van der Waals surface area contributed by atoms with Gasteiger partial charge in [0.15, 0.2) is 0 Å². The molecule has 0 heterocycles. The summed E-state index contributed by atoms with van der Waals surface area (Å²) in [6, 6.07) is 0.626. The van der Waals surface area contributed by atoms with Crippen molar-refractivity contribution in [3.05, 3.63) is 11.6 Å². The van der Waals surface area contributed by atoms with Crippen molar-refractivity contribution in [3.63, 3.8) is 0 Å². The molecule has 1 unspecified atom stereocenters. The van der Waals surface area contributed by atoms with Crippen LogP contribution in [-0.2, 0) is 0 Å². The van der Waals surface area contributed by atoms with Gasteiger partial charge in [0.2, 0.25) is 0 Å². The van der Waals surface area contributed by atoms with Crippen LogP contribution in [0.1, 0.15) is 72.1 Å². The first-order chi connectivity index (χ1) is 13.3. The van der Waals surface area contributed by atoms with E-state index in [1.807, 2.05) is 0 Å².